The standard InChI is InChI=1S/C9H13ClN2S/c1-6-2-3-7(4-6)11-9-12-8(10)5-13-9/h5-7H,2-4H2,1H3,(H,11,12). The second-order valence-corrected chi connectivity index (χ2v) is 4.98. The van der Waals surface area contributed by atoms with Gasteiger partial charge in [-0.25, -0.2) is 4.98 Å². The van der Waals surface area contributed by atoms with Crippen molar-refractivity contribution in [1.29, 1.82) is 0 Å². The number of halogens is 1. The van der Waals surface area contributed by atoms with E-state index in [0.717, 1.165) is 11.0 Å². The third-order valence-corrected chi connectivity index (χ3v) is 3.60. The van der Waals surface area contributed by atoms with E-state index in [2.05, 4.69) is 17.2 Å². The smallest absolute Gasteiger partial charge is 0.184 e. The summed E-state index contributed by atoms with van der Waals surface area (Å²) in [7, 11) is 0. The van der Waals surface area contributed by atoms with Crippen LogP contribution in [0.25, 0.3) is 0 Å². The molecular weight excluding hydrogens is 204 g/mol. The van der Waals surface area contributed by atoms with Gasteiger partial charge in [0.15, 0.2) is 5.13 Å². The van der Waals surface area contributed by atoms with E-state index in [1.54, 1.807) is 11.3 Å². The molecule has 1 heterocycles. The van der Waals surface area contributed by atoms with Crippen LogP contribution in [-0.2, 0) is 0 Å². The Balaban J connectivity index is 1.91. The minimum atomic E-state index is 0.596. The minimum Gasteiger partial charge on any atom is -0.359 e. The van der Waals surface area contributed by atoms with Crippen LogP contribution in [0.1, 0.15) is 26.2 Å². The number of thiazole rings is 1. The maximum absolute atomic E-state index is 5.73. The highest BCUT2D eigenvalue weighted by Gasteiger charge is 2.21. The third-order valence-electron chi connectivity index (χ3n) is 2.50. The molecule has 0 amide bonds. The van der Waals surface area contributed by atoms with Crippen LogP contribution in [0.2, 0.25) is 5.15 Å². The Morgan fingerprint density at radius 1 is 1.62 bits per heavy atom. The second-order valence-electron chi connectivity index (χ2n) is 3.73. The minimum absolute atomic E-state index is 0.596. The molecule has 0 radical (unpaired) electrons. The zero-order chi connectivity index (χ0) is 9.26. The van der Waals surface area contributed by atoms with Gasteiger partial charge in [-0.2, -0.15) is 0 Å². The molecular formula is C9H13ClN2S. The highest BCUT2D eigenvalue weighted by Crippen LogP contribution is 2.29. The average molecular weight is 217 g/mol. The van der Waals surface area contributed by atoms with Gasteiger partial charge in [-0.05, 0) is 25.2 Å². The number of anilines is 1. The van der Waals surface area contributed by atoms with Crippen LogP contribution in [0.5, 0.6) is 0 Å². The van der Waals surface area contributed by atoms with E-state index in [0.29, 0.717) is 11.2 Å². The zero-order valence-corrected chi connectivity index (χ0v) is 9.16. The molecule has 4 heteroatoms. The lowest BCUT2D eigenvalue weighted by Gasteiger charge is -2.10. The van der Waals surface area contributed by atoms with Gasteiger partial charge in [-0.15, -0.1) is 11.3 Å². The van der Waals surface area contributed by atoms with Gasteiger partial charge in [0, 0.05) is 11.4 Å². The molecule has 13 heavy (non-hydrogen) atoms. The van der Waals surface area contributed by atoms with Crippen molar-refractivity contribution >= 4 is 28.1 Å². The molecule has 0 spiro atoms. The van der Waals surface area contributed by atoms with E-state index in [4.69, 9.17) is 11.6 Å². The Labute approximate surface area is 87.3 Å². The number of nitrogens with zero attached hydrogens (tertiary/aromatic N) is 1. The van der Waals surface area contributed by atoms with Crippen molar-refractivity contribution in [3.63, 3.8) is 0 Å². The topological polar surface area (TPSA) is 24.9 Å². The molecule has 72 valence electrons. The predicted octanol–water partition coefficient (Wildman–Crippen LogP) is 3.40. The number of hydrogen-bond acceptors (Lipinski definition) is 3. The van der Waals surface area contributed by atoms with Crippen LogP contribution in [0, 0.1) is 5.92 Å². The lowest BCUT2D eigenvalue weighted by Crippen LogP contribution is -2.14. The first-order valence-corrected chi connectivity index (χ1v) is 5.87. The Bertz CT molecular complexity index is 287. The lowest BCUT2D eigenvalue weighted by atomic mass is 10.1. The highest BCUT2D eigenvalue weighted by molar-refractivity contribution is 7.14. The molecule has 1 aromatic rings. The zero-order valence-electron chi connectivity index (χ0n) is 7.59. The normalized spacial score (nSPS) is 27.8. The molecule has 1 saturated carbocycles. The Morgan fingerprint density at radius 3 is 3.00 bits per heavy atom. The highest BCUT2D eigenvalue weighted by atomic mass is 35.5. The van der Waals surface area contributed by atoms with Gasteiger partial charge >= 0.3 is 0 Å². The number of nitrogens with one attached hydrogen (secondary N) is 1. The maximum atomic E-state index is 5.73. The molecule has 2 atom stereocenters. The first kappa shape index (κ1) is 9.28. The summed E-state index contributed by atoms with van der Waals surface area (Å²) in [6.45, 7) is 2.30. The predicted molar refractivity (Wildman–Crippen MR) is 57.5 cm³/mol. The number of aromatic nitrogens is 1. The van der Waals surface area contributed by atoms with Crippen molar-refractivity contribution in [3.05, 3.63) is 10.5 Å². The van der Waals surface area contributed by atoms with E-state index in [1.807, 2.05) is 5.38 Å². The molecule has 2 rings (SSSR count). The maximum Gasteiger partial charge on any atom is 0.184 e. The fourth-order valence-corrected chi connectivity index (χ4v) is 2.75. The van der Waals surface area contributed by atoms with Gasteiger partial charge in [0.2, 0.25) is 0 Å². The van der Waals surface area contributed by atoms with Crippen molar-refractivity contribution < 1.29 is 0 Å². The summed E-state index contributed by atoms with van der Waals surface area (Å²) in [5.74, 6) is 0.855. The fourth-order valence-electron chi connectivity index (χ4n) is 1.83. The average Bonchev–Trinajstić information content (AvgIpc) is 2.62. The van der Waals surface area contributed by atoms with E-state index >= 15 is 0 Å². The molecule has 1 N–H and O–H groups in total. The van der Waals surface area contributed by atoms with Gasteiger partial charge in [0.25, 0.3) is 0 Å². The van der Waals surface area contributed by atoms with Crippen LogP contribution in [0.15, 0.2) is 5.38 Å². The van der Waals surface area contributed by atoms with E-state index in [9.17, 15) is 0 Å². The largest absolute Gasteiger partial charge is 0.359 e. The molecule has 1 aliphatic rings. The molecule has 0 aromatic carbocycles. The molecule has 0 saturated heterocycles. The SMILES string of the molecule is CC1CCC(Nc2nc(Cl)cs2)C1. The van der Waals surface area contributed by atoms with Crippen LogP contribution in [-0.4, -0.2) is 11.0 Å². The first-order valence-electron chi connectivity index (χ1n) is 4.61. The molecule has 2 nitrogen and oxygen atoms in total. The first-order chi connectivity index (χ1) is 6.24. The molecule has 1 aliphatic carbocycles. The summed E-state index contributed by atoms with van der Waals surface area (Å²) in [6.07, 6.45) is 3.85. The Kier molecular flexibility index (Phi) is 2.74. The van der Waals surface area contributed by atoms with Crippen LogP contribution in [0.3, 0.4) is 0 Å². The second kappa shape index (κ2) is 3.84. The van der Waals surface area contributed by atoms with E-state index in [-0.39, 0.29) is 0 Å². The molecule has 0 bridgehead atoms. The quantitative estimate of drug-likeness (QED) is 0.820. The van der Waals surface area contributed by atoms with E-state index in [1.165, 1.54) is 19.3 Å². The summed E-state index contributed by atoms with van der Waals surface area (Å²) in [5.41, 5.74) is 0. The van der Waals surface area contributed by atoms with Gasteiger partial charge in [0.05, 0.1) is 0 Å². The van der Waals surface area contributed by atoms with Crippen molar-refractivity contribution in [3.8, 4) is 0 Å². The third kappa shape index (κ3) is 2.35. The summed E-state index contributed by atoms with van der Waals surface area (Å²) < 4.78 is 0. The molecule has 1 fully saturated rings. The molecule has 0 aliphatic heterocycles. The van der Waals surface area contributed by atoms with Crippen LogP contribution < -0.4 is 5.32 Å². The number of hydrogen-bond donors (Lipinski definition) is 1. The number of rotatable bonds is 2. The summed E-state index contributed by atoms with van der Waals surface area (Å²) in [5, 5.41) is 6.84. The Hall–Kier alpha value is -0.280. The van der Waals surface area contributed by atoms with E-state index < -0.39 is 0 Å². The lowest BCUT2D eigenvalue weighted by molar-refractivity contribution is 0.602. The van der Waals surface area contributed by atoms with Crippen LogP contribution in [0.4, 0.5) is 5.13 Å². The van der Waals surface area contributed by atoms with Gasteiger partial charge in [-0.1, -0.05) is 18.5 Å². The monoisotopic (exact) mass is 216 g/mol. The summed E-state index contributed by atoms with van der Waals surface area (Å²) >= 11 is 7.32. The van der Waals surface area contributed by atoms with Crippen LogP contribution >= 0.6 is 22.9 Å². The van der Waals surface area contributed by atoms with Crippen molar-refractivity contribution in [2.45, 2.75) is 32.2 Å². The molecule has 1 aromatic heterocycles. The van der Waals surface area contributed by atoms with Gasteiger partial charge in [0.1, 0.15) is 5.15 Å². The molecule has 2 unspecified atom stereocenters. The fraction of sp³-hybridized carbons (Fsp3) is 0.667. The van der Waals surface area contributed by atoms with Gasteiger partial charge in [-0.3, -0.25) is 0 Å². The van der Waals surface area contributed by atoms with Gasteiger partial charge < -0.3 is 5.32 Å². The Morgan fingerprint density at radius 2 is 2.46 bits per heavy atom. The van der Waals surface area contributed by atoms with Crippen molar-refractivity contribution in [2.75, 3.05) is 5.32 Å². The summed E-state index contributed by atoms with van der Waals surface area (Å²) in [4.78, 5) is 4.17. The summed E-state index contributed by atoms with van der Waals surface area (Å²) in [6, 6.07) is 0.609. The van der Waals surface area contributed by atoms with Crippen molar-refractivity contribution in [2.24, 2.45) is 5.92 Å². The van der Waals surface area contributed by atoms with Crippen molar-refractivity contribution in [1.82, 2.24) is 4.98 Å².